The Balaban J connectivity index is 2.10. The number of hydrogen-bond acceptors (Lipinski definition) is 4. The summed E-state index contributed by atoms with van der Waals surface area (Å²) in [7, 11) is 1.74. The summed E-state index contributed by atoms with van der Waals surface area (Å²) in [4.78, 5) is 4.52. The molecule has 0 unspecified atom stereocenters. The molecule has 0 aliphatic carbocycles. The quantitative estimate of drug-likeness (QED) is 0.845. The van der Waals surface area contributed by atoms with Crippen molar-refractivity contribution in [2.24, 2.45) is 7.05 Å². The van der Waals surface area contributed by atoms with Crippen LogP contribution in [0.5, 0.6) is 0 Å². The number of hydrogen-bond donors (Lipinski definition) is 1. The molecule has 0 fully saturated rings. The van der Waals surface area contributed by atoms with Gasteiger partial charge in [-0.1, -0.05) is 11.6 Å². The van der Waals surface area contributed by atoms with E-state index >= 15 is 0 Å². The zero-order valence-electron chi connectivity index (χ0n) is 11.0. The van der Waals surface area contributed by atoms with Crippen LogP contribution in [-0.4, -0.2) is 26.7 Å². The number of aryl methyl sites for hydroxylation is 1. The highest BCUT2D eigenvalue weighted by atomic mass is 35.5. The number of benzene rings is 1. The molecule has 0 spiro atoms. The van der Waals surface area contributed by atoms with Crippen LogP contribution in [0.1, 0.15) is 5.82 Å². The molecule has 0 saturated carbocycles. The Kier molecular flexibility index (Phi) is 5.00. The standard InChI is InChI=1S/C12H12ClF3N4S/c1-20-11(18-7-19-20)5-17-9-4-8(13)2-3-10(9)21-6-12(14,15)16/h2-4,7,17H,5-6H2,1H3. The summed E-state index contributed by atoms with van der Waals surface area (Å²) >= 11 is 6.61. The molecule has 0 radical (unpaired) electrons. The number of anilines is 1. The number of aromatic nitrogens is 3. The van der Waals surface area contributed by atoms with Gasteiger partial charge in [0, 0.05) is 22.7 Å². The van der Waals surface area contributed by atoms with Crippen molar-refractivity contribution in [1.82, 2.24) is 14.8 Å². The van der Waals surface area contributed by atoms with Gasteiger partial charge in [-0.3, -0.25) is 4.68 Å². The minimum absolute atomic E-state index is 0.344. The van der Waals surface area contributed by atoms with Gasteiger partial charge in [-0.25, -0.2) is 4.98 Å². The van der Waals surface area contributed by atoms with Crippen LogP contribution in [0.3, 0.4) is 0 Å². The first-order valence-corrected chi connectivity index (χ1v) is 7.27. The van der Waals surface area contributed by atoms with Gasteiger partial charge < -0.3 is 5.32 Å². The molecular weight excluding hydrogens is 325 g/mol. The Morgan fingerprint density at radius 3 is 2.76 bits per heavy atom. The van der Waals surface area contributed by atoms with E-state index in [-0.39, 0.29) is 0 Å². The molecule has 2 aromatic rings. The zero-order chi connectivity index (χ0) is 15.5. The summed E-state index contributed by atoms with van der Waals surface area (Å²) in [5.74, 6) is -0.283. The predicted molar refractivity (Wildman–Crippen MR) is 76.6 cm³/mol. The molecule has 0 atom stereocenters. The molecule has 0 saturated heterocycles. The lowest BCUT2D eigenvalue weighted by molar-refractivity contribution is -0.105. The van der Waals surface area contributed by atoms with Gasteiger partial charge in [0.15, 0.2) is 0 Å². The van der Waals surface area contributed by atoms with Crippen LogP contribution in [0.25, 0.3) is 0 Å². The highest BCUT2D eigenvalue weighted by Crippen LogP contribution is 2.34. The van der Waals surface area contributed by atoms with Crippen molar-refractivity contribution in [1.29, 1.82) is 0 Å². The van der Waals surface area contributed by atoms with Crippen molar-refractivity contribution in [2.75, 3.05) is 11.1 Å². The van der Waals surface area contributed by atoms with Gasteiger partial charge in [0.05, 0.1) is 12.3 Å². The molecule has 0 amide bonds. The Bertz CT molecular complexity index is 615. The Labute approximate surface area is 128 Å². The summed E-state index contributed by atoms with van der Waals surface area (Å²) in [6.07, 6.45) is -2.81. The van der Waals surface area contributed by atoms with Gasteiger partial charge >= 0.3 is 6.18 Å². The number of thioether (sulfide) groups is 1. The first-order valence-electron chi connectivity index (χ1n) is 5.91. The third-order valence-corrected chi connectivity index (χ3v) is 3.95. The van der Waals surface area contributed by atoms with Gasteiger partial charge in [0.25, 0.3) is 0 Å². The van der Waals surface area contributed by atoms with Gasteiger partial charge in [-0.2, -0.15) is 18.3 Å². The second-order valence-electron chi connectivity index (χ2n) is 4.20. The molecule has 9 heteroatoms. The van der Waals surface area contributed by atoms with Gasteiger partial charge in [-0.15, -0.1) is 11.8 Å². The van der Waals surface area contributed by atoms with E-state index in [0.717, 1.165) is 0 Å². The summed E-state index contributed by atoms with van der Waals surface area (Å²) in [5.41, 5.74) is 0.541. The van der Waals surface area contributed by atoms with Crippen LogP contribution in [0, 0.1) is 0 Å². The van der Waals surface area contributed by atoms with Gasteiger partial charge in [0.2, 0.25) is 0 Å². The highest BCUT2D eigenvalue weighted by molar-refractivity contribution is 7.99. The zero-order valence-corrected chi connectivity index (χ0v) is 12.6. The third-order valence-electron chi connectivity index (χ3n) is 2.58. The lowest BCUT2D eigenvalue weighted by Crippen LogP contribution is -2.11. The molecule has 2 rings (SSSR count). The fraction of sp³-hybridized carbons (Fsp3) is 0.333. The van der Waals surface area contributed by atoms with E-state index in [9.17, 15) is 13.2 Å². The molecule has 1 N–H and O–H groups in total. The average Bonchev–Trinajstić information content (AvgIpc) is 2.79. The van der Waals surface area contributed by atoms with Crippen LogP contribution in [0.2, 0.25) is 5.02 Å². The molecule has 21 heavy (non-hydrogen) atoms. The van der Waals surface area contributed by atoms with Crippen LogP contribution >= 0.6 is 23.4 Å². The van der Waals surface area contributed by atoms with Crippen LogP contribution in [0.4, 0.5) is 18.9 Å². The Morgan fingerprint density at radius 2 is 2.14 bits per heavy atom. The van der Waals surface area contributed by atoms with E-state index in [0.29, 0.717) is 39.7 Å². The number of nitrogens with one attached hydrogen (secondary N) is 1. The van der Waals surface area contributed by atoms with Crippen molar-refractivity contribution < 1.29 is 13.2 Å². The second-order valence-corrected chi connectivity index (χ2v) is 5.65. The fourth-order valence-electron chi connectivity index (χ4n) is 1.58. The Hall–Kier alpha value is -1.41. The summed E-state index contributed by atoms with van der Waals surface area (Å²) < 4.78 is 38.6. The van der Waals surface area contributed by atoms with E-state index in [4.69, 9.17) is 11.6 Å². The van der Waals surface area contributed by atoms with Gasteiger partial charge in [0.1, 0.15) is 12.2 Å². The molecule has 1 aromatic heterocycles. The van der Waals surface area contributed by atoms with Crippen molar-refractivity contribution >= 4 is 29.1 Å². The predicted octanol–water partition coefficient (Wildman–Crippen LogP) is 3.74. The third kappa shape index (κ3) is 4.82. The average molecular weight is 337 g/mol. The smallest absolute Gasteiger partial charge is 0.377 e. The van der Waals surface area contributed by atoms with E-state index in [2.05, 4.69) is 15.4 Å². The first kappa shape index (κ1) is 16.0. The highest BCUT2D eigenvalue weighted by Gasteiger charge is 2.27. The van der Waals surface area contributed by atoms with Crippen molar-refractivity contribution in [3.63, 3.8) is 0 Å². The SMILES string of the molecule is Cn1ncnc1CNc1cc(Cl)ccc1SCC(F)(F)F. The largest absolute Gasteiger partial charge is 0.398 e. The maximum absolute atomic E-state index is 12.3. The molecule has 0 aliphatic heterocycles. The van der Waals surface area contributed by atoms with E-state index in [1.165, 1.54) is 6.33 Å². The van der Waals surface area contributed by atoms with Crippen molar-refractivity contribution in [3.05, 3.63) is 35.4 Å². The summed E-state index contributed by atoms with van der Waals surface area (Å²) in [5, 5.41) is 7.41. The lowest BCUT2D eigenvalue weighted by Gasteiger charge is -2.13. The van der Waals surface area contributed by atoms with Crippen molar-refractivity contribution in [3.8, 4) is 0 Å². The van der Waals surface area contributed by atoms with Crippen LogP contribution < -0.4 is 5.32 Å². The molecule has 0 aliphatic rings. The number of rotatable bonds is 5. The van der Waals surface area contributed by atoms with E-state index in [1.54, 1.807) is 29.9 Å². The normalized spacial score (nSPS) is 11.7. The monoisotopic (exact) mass is 336 g/mol. The fourth-order valence-corrected chi connectivity index (χ4v) is 2.52. The van der Waals surface area contributed by atoms with Crippen LogP contribution in [-0.2, 0) is 13.6 Å². The lowest BCUT2D eigenvalue weighted by atomic mass is 10.3. The minimum atomic E-state index is -4.22. The molecule has 1 aromatic carbocycles. The topological polar surface area (TPSA) is 42.7 Å². The maximum atomic E-state index is 12.3. The second kappa shape index (κ2) is 6.57. The first-order chi connectivity index (χ1) is 9.85. The minimum Gasteiger partial charge on any atom is -0.377 e. The molecule has 0 bridgehead atoms. The van der Waals surface area contributed by atoms with Crippen LogP contribution in [0.15, 0.2) is 29.4 Å². The molecule has 4 nitrogen and oxygen atoms in total. The van der Waals surface area contributed by atoms with Gasteiger partial charge in [-0.05, 0) is 18.2 Å². The number of nitrogens with zero attached hydrogens (tertiary/aromatic N) is 3. The molecular formula is C12H12ClF3N4S. The maximum Gasteiger partial charge on any atom is 0.398 e. The van der Waals surface area contributed by atoms with E-state index in [1.807, 2.05) is 0 Å². The number of halogens is 4. The van der Waals surface area contributed by atoms with Crippen molar-refractivity contribution in [2.45, 2.75) is 17.6 Å². The summed E-state index contributed by atoms with van der Waals surface area (Å²) in [6, 6.07) is 4.72. The number of alkyl halides is 3. The molecule has 1 heterocycles. The Morgan fingerprint density at radius 1 is 1.38 bits per heavy atom. The van der Waals surface area contributed by atoms with E-state index < -0.39 is 11.9 Å². The molecule has 114 valence electrons. The summed E-state index contributed by atoms with van der Waals surface area (Å²) in [6.45, 7) is 0.344.